The number of carbonyl (C=O) groups is 2. The molecule has 0 unspecified atom stereocenters. The third-order valence-electron chi connectivity index (χ3n) is 7.84. The molecule has 14 nitrogen and oxygen atoms in total. The van der Waals surface area contributed by atoms with Gasteiger partial charge in [-0.05, 0) is 56.7 Å². The van der Waals surface area contributed by atoms with Crippen LogP contribution in [0.15, 0.2) is 60.8 Å². The first kappa shape index (κ1) is 34.4. The van der Waals surface area contributed by atoms with Crippen molar-refractivity contribution >= 4 is 44.9 Å². The number of amides is 2. The summed E-state index contributed by atoms with van der Waals surface area (Å²) in [6.45, 7) is 8.39. The lowest BCUT2D eigenvalue weighted by Gasteiger charge is -2.35. The van der Waals surface area contributed by atoms with Gasteiger partial charge in [-0.2, -0.15) is 0 Å². The third kappa shape index (κ3) is 8.33. The van der Waals surface area contributed by atoms with E-state index < -0.39 is 21.7 Å². The standard InChI is InChI=1S/C33H42N8O6S/c1-33(2,3)47-32(43)35-21-30(42)40-17-15-39(16-18-40)22-23-11-13-26(29(19-23)46-5)36-31-34-20-24-12-14-28(41(24)37-31)25-9-7-8-10-27(25)38(4)48(6,44)45/h7-14,19-20H,15-18,21-22H2,1-6H3,(H,35,43)(H,36,37). The quantitative estimate of drug-likeness (QED) is 0.254. The number of fused-ring (bicyclic) bond motifs is 1. The van der Waals surface area contributed by atoms with Crippen LogP contribution in [0.3, 0.4) is 0 Å². The minimum atomic E-state index is -3.48. The van der Waals surface area contributed by atoms with Crippen LogP contribution in [0.4, 0.5) is 22.1 Å². The summed E-state index contributed by atoms with van der Waals surface area (Å²) >= 11 is 0. The zero-order chi connectivity index (χ0) is 34.6. The Labute approximate surface area is 280 Å². The molecule has 2 aromatic carbocycles. The Kier molecular flexibility index (Phi) is 10.1. The number of alkyl carbamates (subject to hydrolysis) is 1. The molecule has 2 amide bonds. The predicted octanol–water partition coefficient (Wildman–Crippen LogP) is 3.71. The van der Waals surface area contributed by atoms with Crippen LogP contribution in [-0.4, -0.2) is 104 Å². The summed E-state index contributed by atoms with van der Waals surface area (Å²) < 4.78 is 38.5. The number of nitrogens with zero attached hydrogens (tertiary/aromatic N) is 6. The summed E-state index contributed by atoms with van der Waals surface area (Å²) in [5, 5.41) is 10.5. The highest BCUT2D eigenvalue weighted by molar-refractivity contribution is 7.92. The van der Waals surface area contributed by atoms with E-state index in [1.807, 2.05) is 42.5 Å². The van der Waals surface area contributed by atoms with E-state index in [0.29, 0.717) is 67.1 Å². The number of carbonyl (C=O) groups excluding carboxylic acids is 2. The molecule has 0 spiro atoms. The van der Waals surface area contributed by atoms with Crippen molar-refractivity contribution in [2.45, 2.75) is 32.9 Å². The van der Waals surface area contributed by atoms with Crippen LogP contribution in [0.25, 0.3) is 16.8 Å². The Hall–Kier alpha value is -4.89. The van der Waals surface area contributed by atoms with Crippen LogP contribution in [0.1, 0.15) is 26.3 Å². The number of ether oxygens (including phenoxy) is 2. The van der Waals surface area contributed by atoms with E-state index in [0.717, 1.165) is 11.1 Å². The van der Waals surface area contributed by atoms with Gasteiger partial charge in [-0.3, -0.25) is 14.0 Å². The molecular formula is C33H42N8O6S. The normalized spacial score (nSPS) is 14.1. The third-order valence-corrected chi connectivity index (χ3v) is 9.03. The molecule has 3 heterocycles. The fraction of sp³-hybridized carbons (Fsp3) is 0.394. The van der Waals surface area contributed by atoms with Gasteiger partial charge in [0.15, 0.2) is 0 Å². The molecule has 1 saturated heterocycles. The molecule has 2 N–H and O–H groups in total. The molecule has 48 heavy (non-hydrogen) atoms. The Morgan fingerprint density at radius 2 is 1.75 bits per heavy atom. The van der Waals surface area contributed by atoms with E-state index in [1.54, 1.807) is 55.6 Å². The molecule has 0 bridgehead atoms. The molecule has 1 fully saturated rings. The number of sulfonamides is 1. The molecule has 1 aliphatic rings. The summed E-state index contributed by atoms with van der Waals surface area (Å²) in [5.74, 6) is 0.809. The van der Waals surface area contributed by atoms with Gasteiger partial charge in [0, 0.05) is 45.3 Å². The lowest BCUT2D eigenvalue weighted by atomic mass is 10.1. The fourth-order valence-corrected chi connectivity index (χ4v) is 5.87. The zero-order valence-corrected chi connectivity index (χ0v) is 28.9. The average molecular weight is 679 g/mol. The molecule has 256 valence electrons. The van der Waals surface area contributed by atoms with Gasteiger partial charge < -0.3 is 25.0 Å². The van der Waals surface area contributed by atoms with Crippen LogP contribution in [0.2, 0.25) is 0 Å². The smallest absolute Gasteiger partial charge is 0.408 e. The molecule has 1 aliphatic heterocycles. The molecule has 0 aliphatic carbocycles. The van der Waals surface area contributed by atoms with Crippen molar-refractivity contribution in [1.29, 1.82) is 0 Å². The number of hydrogen-bond donors (Lipinski definition) is 2. The Morgan fingerprint density at radius 3 is 2.44 bits per heavy atom. The molecule has 4 aromatic rings. The highest BCUT2D eigenvalue weighted by Gasteiger charge is 2.23. The van der Waals surface area contributed by atoms with Crippen molar-refractivity contribution in [2.24, 2.45) is 0 Å². The molecule has 2 aromatic heterocycles. The second-order valence-electron chi connectivity index (χ2n) is 12.6. The van der Waals surface area contributed by atoms with E-state index in [9.17, 15) is 18.0 Å². The SMILES string of the molecule is COc1cc(CN2CCN(C(=O)CNC(=O)OC(C)(C)C)CC2)ccc1Nc1ncc2ccc(-c3ccccc3N(C)S(C)(=O)=O)n2n1. The van der Waals surface area contributed by atoms with Crippen LogP contribution in [-0.2, 0) is 26.1 Å². The van der Waals surface area contributed by atoms with E-state index in [4.69, 9.17) is 14.6 Å². The molecule has 0 atom stereocenters. The zero-order valence-electron chi connectivity index (χ0n) is 28.1. The monoisotopic (exact) mass is 678 g/mol. The summed E-state index contributed by atoms with van der Waals surface area (Å²) in [6.07, 6.45) is 2.26. The van der Waals surface area contributed by atoms with Crippen LogP contribution in [0.5, 0.6) is 5.75 Å². The van der Waals surface area contributed by atoms with E-state index in [-0.39, 0.29) is 12.5 Å². The van der Waals surface area contributed by atoms with Crippen molar-refractivity contribution < 1.29 is 27.5 Å². The van der Waals surface area contributed by atoms with E-state index >= 15 is 0 Å². The first-order chi connectivity index (χ1) is 22.7. The molecule has 15 heteroatoms. The highest BCUT2D eigenvalue weighted by Crippen LogP contribution is 2.33. The van der Waals surface area contributed by atoms with Gasteiger partial charge in [0.2, 0.25) is 21.9 Å². The lowest BCUT2D eigenvalue weighted by molar-refractivity contribution is -0.132. The minimum absolute atomic E-state index is 0.101. The maximum absolute atomic E-state index is 12.6. The van der Waals surface area contributed by atoms with Crippen molar-refractivity contribution in [3.8, 4) is 17.0 Å². The first-order valence-electron chi connectivity index (χ1n) is 15.5. The van der Waals surface area contributed by atoms with Gasteiger partial charge in [-0.15, -0.1) is 5.10 Å². The van der Waals surface area contributed by atoms with Gasteiger partial charge in [-0.25, -0.2) is 22.7 Å². The van der Waals surface area contributed by atoms with E-state index in [2.05, 4.69) is 20.5 Å². The molecule has 0 saturated carbocycles. The summed E-state index contributed by atoms with van der Waals surface area (Å²) in [5.41, 5.74) is 3.80. The minimum Gasteiger partial charge on any atom is -0.495 e. The first-order valence-corrected chi connectivity index (χ1v) is 17.4. The number of aromatic nitrogens is 3. The second-order valence-corrected chi connectivity index (χ2v) is 14.6. The summed E-state index contributed by atoms with van der Waals surface area (Å²) in [4.78, 5) is 33.0. The van der Waals surface area contributed by atoms with Gasteiger partial charge >= 0.3 is 6.09 Å². The maximum atomic E-state index is 12.6. The molecule has 5 rings (SSSR count). The maximum Gasteiger partial charge on any atom is 0.408 e. The molecular weight excluding hydrogens is 636 g/mol. The van der Waals surface area contributed by atoms with Crippen molar-refractivity contribution in [2.75, 3.05) is 62.8 Å². The van der Waals surface area contributed by atoms with Crippen LogP contribution >= 0.6 is 0 Å². The van der Waals surface area contributed by atoms with Gasteiger partial charge in [0.25, 0.3) is 0 Å². The Bertz CT molecular complexity index is 1900. The number of nitrogens with one attached hydrogen (secondary N) is 2. The lowest BCUT2D eigenvalue weighted by Crippen LogP contribution is -2.51. The second kappa shape index (κ2) is 14.1. The van der Waals surface area contributed by atoms with Gasteiger partial charge in [0.05, 0.1) is 42.1 Å². The number of anilines is 3. The largest absolute Gasteiger partial charge is 0.495 e. The topological polar surface area (TPSA) is 151 Å². The number of rotatable bonds is 10. The fourth-order valence-electron chi connectivity index (χ4n) is 5.35. The summed E-state index contributed by atoms with van der Waals surface area (Å²) in [6, 6.07) is 16.9. The van der Waals surface area contributed by atoms with Crippen molar-refractivity contribution in [3.63, 3.8) is 0 Å². The van der Waals surface area contributed by atoms with Crippen molar-refractivity contribution in [1.82, 2.24) is 29.7 Å². The van der Waals surface area contributed by atoms with Gasteiger partial charge in [-0.1, -0.05) is 24.3 Å². The van der Waals surface area contributed by atoms with Crippen LogP contribution < -0.4 is 19.7 Å². The Morgan fingerprint density at radius 1 is 1.02 bits per heavy atom. The predicted molar refractivity (Wildman–Crippen MR) is 184 cm³/mol. The molecule has 0 radical (unpaired) electrons. The average Bonchev–Trinajstić information content (AvgIpc) is 3.46. The number of hydrogen-bond acceptors (Lipinski definition) is 10. The van der Waals surface area contributed by atoms with E-state index in [1.165, 1.54) is 17.6 Å². The number of piperazine rings is 1. The highest BCUT2D eigenvalue weighted by atomic mass is 32.2. The van der Waals surface area contributed by atoms with Gasteiger partial charge in [0.1, 0.15) is 17.9 Å². The number of methoxy groups -OCH3 is 1. The Balaban J connectivity index is 1.23. The number of para-hydroxylation sites is 1. The van der Waals surface area contributed by atoms with Crippen LogP contribution in [0, 0.1) is 0 Å². The summed E-state index contributed by atoms with van der Waals surface area (Å²) in [7, 11) is -0.352. The van der Waals surface area contributed by atoms with Crippen molar-refractivity contribution in [3.05, 3.63) is 66.4 Å². The number of benzene rings is 2.